The van der Waals surface area contributed by atoms with Crippen molar-refractivity contribution < 1.29 is 37.3 Å². The number of anilines is 1. The Hall–Kier alpha value is -4.62. The summed E-state index contributed by atoms with van der Waals surface area (Å²) >= 11 is 0. The van der Waals surface area contributed by atoms with Gasteiger partial charge in [0.25, 0.3) is 17.5 Å². The zero-order chi connectivity index (χ0) is 24.3. The topological polar surface area (TPSA) is 151 Å². The molecule has 0 saturated carbocycles. The minimum absolute atomic E-state index is 0.0158. The minimum atomic E-state index is -4.73. The third-order valence-electron chi connectivity index (χ3n) is 4.36. The molecule has 0 bridgehead atoms. The molecule has 14 heteroatoms. The number of alkyl halides is 3. The molecular formula is C19H12F3N5O6. The van der Waals surface area contributed by atoms with Crippen LogP contribution in [-0.4, -0.2) is 34.9 Å². The Bertz CT molecular complexity index is 1180. The van der Waals surface area contributed by atoms with Crippen molar-refractivity contribution in [1.82, 2.24) is 10.7 Å². The van der Waals surface area contributed by atoms with Crippen molar-refractivity contribution >= 4 is 41.3 Å². The molecular weight excluding hydrogens is 451 g/mol. The molecule has 3 rings (SSSR count). The van der Waals surface area contributed by atoms with E-state index < -0.39 is 52.0 Å². The van der Waals surface area contributed by atoms with Gasteiger partial charge in [-0.3, -0.25) is 29.8 Å². The van der Waals surface area contributed by atoms with E-state index in [-0.39, 0.29) is 11.3 Å². The van der Waals surface area contributed by atoms with E-state index >= 15 is 0 Å². The first kappa shape index (κ1) is 23.1. The second kappa shape index (κ2) is 8.86. The highest BCUT2D eigenvalue weighted by Crippen LogP contribution is 2.32. The van der Waals surface area contributed by atoms with Crippen molar-refractivity contribution in [1.29, 1.82) is 0 Å². The van der Waals surface area contributed by atoms with Crippen molar-refractivity contribution in [2.24, 2.45) is 11.0 Å². The second-order valence-corrected chi connectivity index (χ2v) is 6.52. The lowest BCUT2D eigenvalue weighted by Crippen LogP contribution is -2.58. The summed E-state index contributed by atoms with van der Waals surface area (Å²) in [5.74, 6) is -4.83. The number of carbonyl (C=O) groups is 4. The zero-order valence-electron chi connectivity index (χ0n) is 16.2. The normalized spacial score (nSPS) is 16.6. The number of hydrazone groups is 1. The Morgan fingerprint density at radius 3 is 2.42 bits per heavy atom. The van der Waals surface area contributed by atoms with Gasteiger partial charge < -0.3 is 0 Å². The summed E-state index contributed by atoms with van der Waals surface area (Å²) in [6.07, 6.45) is -4.03. The highest BCUT2D eigenvalue weighted by molar-refractivity contribution is 6.32. The van der Waals surface area contributed by atoms with Crippen molar-refractivity contribution in [2.45, 2.75) is 6.18 Å². The number of barbiturate groups is 1. The average molecular weight is 463 g/mol. The molecule has 1 heterocycles. The van der Waals surface area contributed by atoms with Gasteiger partial charge in [-0.1, -0.05) is 6.07 Å². The third kappa shape index (κ3) is 5.00. The van der Waals surface area contributed by atoms with Gasteiger partial charge in [0, 0.05) is 23.9 Å². The predicted molar refractivity (Wildman–Crippen MR) is 105 cm³/mol. The molecule has 1 saturated heterocycles. The Kier molecular flexibility index (Phi) is 6.19. The summed E-state index contributed by atoms with van der Waals surface area (Å²) in [4.78, 5) is 59.2. The summed E-state index contributed by atoms with van der Waals surface area (Å²) in [7, 11) is 0. The molecule has 0 spiro atoms. The lowest BCUT2D eigenvalue weighted by molar-refractivity contribution is -0.384. The smallest absolute Gasteiger partial charge is 0.276 e. The van der Waals surface area contributed by atoms with Crippen LogP contribution in [0.5, 0.6) is 0 Å². The number of halogens is 3. The monoisotopic (exact) mass is 463 g/mol. The number of carbonyl (C=O) groups excluding carboxylic acids is 4. The van der Waals surface area contributed by atoms with Crippen LogP contribution in [0.4, 0.5) is 29.3 Å². The summed E-state index contributed by atoms with van der Waals surface area (Å²) in [5, 5.41) is 16.0. The number of hydrogen-bond acceptors (Lipinski definition) is 7. The van der Waals surface area contributed by atoms with Gasteiger partial charge in [0.15, 0.2) is 5.92 Å². The predicted octanol–water partition coefficient (Wildman–Crippen LogP) is 2.23. The second-order valence-electron chi connectivity index (χ2n) is 6.52. The largest absolute Gasteiger partial charge is 0.416 e. The van der Waals surface area contributed by atoms with Crippen LogP contribution >= 0.6 is 0 Å². The SMILES string of the molecule is O=C(NN=CC1C(=O)NC(=O)N(c2cccc(C(F)(F)F)c2)C1=O)c1ccc([N+](=O)[O-])cc1. The van der Waals surface area contributed by atoms with E-state index in [1.54, 1.807) is 0 Å². The standard InChI is InChI=1S/C19H12F3N5O6/c20-19(21,22)11-2-1-3-13(8-11)26-17(30)14(16(29)24-18(26)31)9-23-25-15(28)10-4-6-12(7-5-10)27(32)33/h1-9,14H,(H,25,28)(H,24,29,31). The van der Waals surface area contributed by atoms with Crippen molar-refractivity contribution in [3.05, 3.63) is 69.8 Å². The summed E-state index contributed by atoms with van der Waals surface area (Å²) in [5.41, 5.74) is 0.204. The first-order valence-corrected chi connectivity index (χ1v) is 8.93. The van der Waals surface area contributed by atoms with E-state index in [1.165, 1.54) is 0 Å². The van der Waals surface area contributed by atoms with Crippen molar-refractivity contribution in [3.63, 3.8) is 0 Å². The van der Waals surface area contributed by atoms with Crippen LogP contribution in [0.25, 0.3) is 0 Å². The molecule has 2 aromatic carbocycles. The van der Waals surface area contributed by atoms with Crippen LogP contribution in [0.3, 0.4) is 0 Å². The fourth-order valence-electron chi connectivity index (χ4n) is 2.76. The third-order valence-corrected chi connectivity index (χ3v) is 4.36. The average Bonchev–Trinajstić information content (AvgIpc) is 2.75. The van der Waals surface area contributed by atoms with Gasteiger partial charge in [-0.25, -0.2) is 15.1 Å². The highest BCUT2D eigenvalue weighted by Gasteiger charge is 2.41. The van der Waals surface area contributed by atoms with E-state index in [1.807, 2.05) is 10.7 Å². The van der Waals surface area contributed by atoms with Gasteiger partial charge in [-0.15, -0.1) is 0 Å². The maximum Gasteiger partial charge on any atom is 0.416 e. The Balaban J connectivity index is 1.76. The number of nitro benzene ring substituents is 1. The number of nitrogens with one attached hydrogen (secondary N) is 2. The molecule has 1 aliphatic rings. The first-order chi connectivity index (χ1) is 15.5. The van der Waals surface area contributed by atoms with Crippen molar-refractivity contribution in [2.75, 3.05) is 4.90 Å². The number of amides is 5. The fraction of sp³-hybridized carbons (Fsp3) is 0.105. The molecule has 1 aliphatic heterocycles. The van der Waals surface area contributed by atoms with Gasteiger partial charge in [0.1, 0.15) is 0 Å². The molecule has 1 unspecified atom stereocenters. The summed E-state index contributed by atoms with van der Waals surface area (Å²) < 4.78 is 38.9. The molecule has 0 aromatic heterocycles. The van der Waals surface area contributed by atoms with Gasteiger partial charge in [0.2, 0.25) is 5.91 Å². The molecule has 2 aromatic rings. The quantitative estimate of drug-likeness (QED) is 0.300. The number of benzene rings is 2. The van der Waals surface area contributed by atoms with Crippen LogP contribution in [0, 0.1) is 16.0 Å². The molecule has 0 aliphatic carbocycles. The van der Waals surface area contributed by atoms with E-state index in [2.05, 4.69) is 5.10 Å². The molecule has 2 N–H and O–H groups in total. The lowest BCUT2D eigenvalue weighted by Gasteiger charge is -2.28. The number of imide groups is 2. The Morgan fingerprint density at radius 1 is 1.15 bits per heavy atom. The van der Waals surface area contributed by atoms with Gasteiger partial charge in [-0.2, -0.15) is 18.3 Å². The number of non-ortho nitro benzene ring substituents is 1. The molecule has 170 valence electrons. The zero-order valence-corrected chi connectivity index (χ0v) is 16.2. The molecule has 33 heavy (non-hydrogen) atoms. The molecule has 1 atom stereocenters. The number of urea groups is 1. The lowest BCUT2D eigenvalue weighted by atomic mass is 10.1. The Labute approximate surface area is 182 Å². The fourth-order valence-corrected chi connectivity index (χ4v) is 2.76. The van der Waals surface area contributed by atoms with Crippen LogP contribution in [0.2, 0.25) is 0 Å². The van der Waals surface area contributed by atoms with Crippen LogP contribution < -0.4 is 15.6 Å². The highest BCUT2D eigenvalue weighted by atomic mass is 19.4. The van der Waals surface area contributed by atoms with Crippen LogP contribution in [0.15, 0.2) is 53.6 Å². The maximum atomic E-state index is 13.0. The number of rotatable bonds is 5. The van der Waals surface area contributed by atoms with Crippen LogP contribution in [0.1, 0.15) is 15.9 Å². The number of hydrogen-bond donors (Lipinski definition) is 2. The number of nitrogens with zero attached hydrogens (tertiary/aromatic N) is 3. The van der Waals surface area contributed by atoms with Gasteiger partial charge in [0.05, 0.1) is 16.2 Å². The van der Waals surface area contributed by atoms with E-state index in [0.717, 1.165) is 42.5 Å². The van der Waals surface area contributed by atoms with Gasteiger partial charge >= 0.3 is 12.2 Å². The van der Waals surface area contributed by atoms with Crippen molar-refractivity contribution in [3.8, 4) is 0 Å². The van der Waals surface area contributed by atoms with E-state index in [4.69, 9.17) is 0 Å². The number of nitro groups is 1. The Morgan fingerprint density at radius 2 is 1.82 bits per heavy atom. The molecule has 0 radical (unpaired) electrons. The molecule has 11 nitrogen and oxygen atoms in total. The summed E-state index contributed by atoms with van der Waals surface area (Å²) in [6.45, 7) is 0. The van der Waals surface area contributed by atoms with Crippen LogP contribution in [-0.2, 0) is 15.8 Å². The minimum Gasteiger partial charge on any atom is -0.276 e. The maximum absolute atomic E-state index is 13.0. The first-order valence-electron chi connectivity index (χ1n) is 8.93. The van der Waals surface area contributed by atoms with Gasteiger partial charge in [-0.05, 0) is 30.3 Å². The van der Waals surface area contributed by atoms with E-state index in [0.29, 0.717) is 17.2 Å². The molecule has 5 amide bonds. The molecule has 1 fully saturated rings. The summed E-state index contributed by atoms with van der Waals surface area (Å²) in [6, 6.07) is 6.58. The van der Waals surface area contributed by atoms with E-state index in [9.17, 15) is 42.5 Å².